The SMILES string of the molecule is C1=Cc2cccc3c2C(C1)NC(c1ccc2c(c1)OCO2)N3. The smallest absolute Gasteiger partial charge is 0.231 e. The van der Waals surface area contributed by atoms with Crippen LogP contribution in [0.3, 0.4) is 0 Å². The Bertz CT molecular complexity index is 785. The van der Waals surface area contributed by atoms with Gasteiger partial charge in [-0.25, -0.2) is 0 Å². The third-order valence-corrected chi connectivity index (χ3v) is 4.56. The number of nitrogens with one attached hydrogen (secondary N) is 2. The van der Waals surface area contributed by atoms with Crippen LogP contribution in [-0.4, -0.2) is 6.79 Å². The minimum atomic E-state index is 0.0775. The summed E-state index contributed by atoms with van der Waals surface area (Å²) in [6.07, 6.45) is 5.55. The van der Waals surface area contributed by atoms with Crippen molar-refractivity contribution in [3.05, 3.63) is 59.2 Å². The number of hydrogen-bond donors (Lipinski definition) is 2. The van der Waals surface area contributed by atoms with E-state index >= 15 is 0 Å². The summed E-state index contributed by atoms with van der Waals surface area (Å²) in [5.41, 5.74) is 5.06. The van der Waals surface area contributed by atoms with Crippen LogP contribution < -0.4 is 20.1 Å². The van der Waals surface area contributed by atoms with Gasteiger partial charge in [-0.1, -0.05) is 30.4 Å². The molecule has 2 aliphatic heterocycles. The third-order valence-electron chi connectivity index (χ3n) is 4.56. The number of ether oxygens (including phenoxy) is 2. The predicted octanol–water partition coefficient (Wildman–Crippen LogP) is 3.59. The lowest BCUT2D eigenvalue weighted by Gasteiger charge is -2.37. The molecular formula is C18H16N2O2. The molecule has 4 nitrogen and oxygen atoms in total. The van der Waals surface area contributed by atoms with Gasteiger partial charge in [-0.15, -0.1) is 0 Å². The van der Waals surface area contributed by atoms with Crippen molar-refractivity contribution in [1.82, 2.24) is 5.32 Å². The summed E-state index contributed by atoms with van der Waals surface area (Å²) in [4.78, 5) is 0. The molecule has 2 heterocycles. The van der Waals surface area contributed by atoms with Crippen molar-refractivity contribution in [2.24, 2.45) is 0 Å². The number of benzene rings is 2. The number of anilines is 1. The molecule has 4 heteroatoms. The molecule has 22 heavy (non-hydrogen) atoms. The van der Waals surface area contributed by atoms with Gasteiger partial charge >= 0.3 is 0 Å². The number of rotatable bonds is 1. The van der Waals surface area contributed by atoms with Crippen LogP contribution >= 0.6 is 0 Å². The molecule has 2 aromatic carbocycles. The zero-order valence-corrected chi connectivity index (χ0v) is 12.0. The molecule has 0 fully saturated rings. The Morgan fingerprint density at radius 2 is 2.00 bits per heavy atom. The fraction of sp³-hybridized carbons (Fsp3) is 0.222. The average molecular weight is 292 g/mol. The molecule has 0 saturated heterocycles. The van der Waals surface area contributed by atoms with Gasteiger partial charge in [0.25, 0.3) is 0 Å². The Kier molecular flexibility index (Phi) is 2.49. The fourth-order valence-corrected chi connectivity index (χ4v) is 3.51. The van der Waals surface area contributed by atoms with Crippen molar-refractivity contribution in [3.8, 4) is 11.5 Å². The lowest BCUT2D eigenvalue weighted by molar-refractivity contribution is 0.174. The summed E-state index contributed by atoms with van der Waals surface area (Å²) in [5.74, 6) is 1.65. The van der Waals surface area contributed by atoms with Crippen LogP contribution in [-0.2, 0) is 0 Å². The Morgan fingerprint density at radius 1 is 1.05 bits per heavy atom. The molecule has 0 bridgehead atoms. The molecule has 5 rings (SSSR count). The lowest BCUT2D eigenvalue weighted by atomic mass is 9.88. The van der Waals surface area contributed by atoms with Crippen LogP contribution in [0.4, 0.5) is 5.69 Å². The molecule has 3 aliphatic rings. The maximum atomic E-state index is 5.49. The second-order valence-electron chi connectivity index (χ2n) is 5.86. The van der Waals surface area contributed by atoms with Crippen LogP contribution in [0.15, 0.2) is 42.5 Å². The summed E-state index contributed by atoms with van der Waals surface area (Å²) < 4.78 is 10.9. The Morgan fingerprint density at radius 3 is 3.00 bits per heavy atom. The van der Waals surface area contributed by atoms with E-state index in [1.807, 2.05) is 6.07 Å². The molecule has 1 aliphatic carbocycles. The van der Waals surface area contributed by atoms with E-state index in [1.54, 1.807) is 0 Å². The lowest BCUT2D eigenvalue weighted by Crippen LogP contribution is -2.37. The van der Waals surface area contributed by atoms with E-state index in [9.17, 15) is 0 Å². The predicted molar refractivity (Wildman–Crippen MR) is 84.9 cm³/mol. The monoisotopic (exact) mass is 292 g/mol. The molecule has 2 unspecified atom stereocenters. The van der Waals surface area contributed by atoms with E-state index in [2.05, 4.69) is 53.1 Å². The van der Waals surface area contributed by atoms with Gasteiger partial charge in [0.15, 0.2) is 11.5 Å². The van der Waals surface area contributed by atoms with Crippen LogP contribution in [0, 0.1) is 0 Å². The zero-order valence-electron chi connectivity index (χ0n) is 12.0. The molecular weight excluding hydrogens is 276 g/mol. The van der Waals surface area contributed by atoms with Crippen LogP contribution in [0.25, 0.3) is 6.08 Å². The summed E-state index contributed by atoms with van der Waals surface area (Å²) in [5, 5.41) is 7.30. The van der Waals surface area contributed by atoms with Gasteiger partial charge in [-0.05, 0) is 41.3 Å². The summed E-state index contributed by atoms with van der Waals surface area (Å²) in [6.45, 7) is 0.309. The minimum absolute atomic E-state index is 0.0775. The normalized spacial score (nSPS) is 23.8. The van der Waals surface area contributed by atoms with Gasteiger partial charge in [0.2, 0.25) is 6.79 Å². The molecule has 110 valence electrons. The summed E-state index contributed by atoms with van der Waals surface area (Å²) >= 11 is 0. The summed E-state index contributed by atoms with van der Waals surface area (Å²) in [7, 11) is 0. The largest absolute Gasteiger partial charge is 0.454 e. The Labute approximate surface area is 128 Å². The van der Waals surface area contributed by atoms with E-state index in [4.69, 9.17) is 9.47 Å². The van der Waals surface area contributed by atoms with E-state index in [0.29, 0.717) is 12.8 Å². The molecule has 0 amide bonds. The molecule has 2 aromatic rings. The molecule has 2 atom stereocenters. The highest BCUT2D eigenvalue weighted by Crippen LogP contribution is 2.41. The third kappa shape index (κ3) is 1.74. The van der Waals surface area contributed by atoms with Crippen molar-refractivity contribution < 1.29 is 9.47 Å². The van der Waals surface area contributed by atoms with Crippen molar-refractivity contribution in [2.75, 3.05) is 12.1 Å². The molecule has 0 radical (unpaired) electrons. The fourth-order valence-electron chi connectivity index (χ4n) is 3.51. The second kappa shape index (κ2) is 4.52. The van der Waals surface area contributed by atoms with E-state index < -0.39 is 0 Å². The first-order valence-corrected chi connectivity index (χ1v) is 7.60. The number of hydrogen-bond acceptors (Lipinski definition) is 4. The van der Waals surface area contributed by atoms with Gasteiger partial charge < -0.3 is 14.8 Å². The Hall–Kier alpha value is -2.46. The van der Waals surface area contributed by atoms with Gasteiger partial charge in [-0.3, -0.25) is 5.32 Å². The highest BCUT2D eigenvalue weighted by molar-refractivity contribution is 5.69. The van der Waals surface area contributed by atoms with Crippen molar-refractivity contribution >= 4 is 11.8 Å². The molecule has 0 spiro atoms. The molecule has 2 N–H and O–H groups in total. The maximum absolute atomic E-state index is 5.49. The van der Waals surface area contributed by atoms with Gasteiger partial charge in [-0.2, -0.15) is 0 Å². The standard InChI is InChI=1S/C18H16N2O2/c1-3-11-4-2-6-14-17(11)13(5-1)19-18(20-14)12-7-8-15-16(9-12)22-10-21-15/h1-5,7-9,14,18-20H,6,10H2. The average Bonchev–Trinajstić information content (AvgIpc) is 3.03. The van der Waals surface area contributed by atoms with E-state index in [-0.39, 0.29) is 6.17 Å². The highest BCUT2D eigenvalue weighted by Gasteiger charge is 2.29. The van der Waals surface area contributed by atoms with Crippen LogP contribution in [0.2, 0.25) is 0 Å². The zero-order chi connectivity index (χ0) is 14.5. The Balaban J connectivity index is 1.54. The molecule has 0 saturated carbocycles. The summed E-state index contributed by atoms with van der Waals surface area (Å²) in [6, 6.07) is 12.9. The first-order valence-electron chi connectivity index (χ1n) is 7.60. The maximum Gasteiger partial charge on any atom is 0.231 e. The van der Waals surface area contributed by atoms with Crippen molar-refractivity contribution in [2.45, 2.75) is 18.6 Å². The van der Waals surface area contributed by atoms with Crippen molar-refractivity contribution in [1.29, 1.82) is 0 Å². The minimum Gasteiger partial charge on any atom is -0.454 e. The topological polar surface area (TPSA) is 42.5 Å². The number of fused-ring (bicyclic) bond motifs is 1. The first-order chi connectivity index (χ1) is 10.9. The van der Waals surface area contributed by atoms with E-state index in [1.165, 1.54) is 16.8 Å². The van der Waals surface area contributed by atoms with Gasteiger partial charge in [0.1, 0.15) is 6.17 Å². The van der Waals surface area contributed by atoms with Crippen LogP contribution in [0.1, 0.15) is 35.3 Å². The quantitative estimate of drug-likeness (QED) is 0.843. The van der Waals surface area contributed by atoms with Crippen LogP contribution in [0.5, 0.6) is 11.5 Å². The van der Waals surface area contributed by atoms with Crippen molar-refractivity contribution in [3.63, 3.8) is 0 Å². The molecule has 0 aromatic heterocycles. The van der Waals surface area contributed by atoms with Gasteiger partial charge in [0.05, 0.1) is 0 Å². The van der Waals surface area contributed by atoms with Gasteiger partial charge in [0, 0.05) is 11.7 Å². The van der Waals surface area contributed by atoms with E-state index in [0.717, 1.165) is 23.5 Å². The second-order valence-corrected chi connectivity index (χ2v) is 5.86. The first kappa shape index (κ1) is 12.1. The highest BCUT2D eigenvalue weighted by atomic mass is 16.7.